The van der Waals surface area contributed by atoms with Gasteiger partial charge in [-0.15, -0.1) is 0 Å². The first-order chi connectivity index (χ1) is 18.8. The summed E-state index contributed by atoms with van der Waals surface area (Å²) in [6.07, 6.45) is 2.59. The minimum atomic E-state index is -1.31. The van der Waals surface area contributed by atoms with Crippen LogP contribution in [0.5, 0.6) is 0 Å². The Bertz CT molecular complexity index is 1580. The van der Waals surface area contributed by atoms with Crippen molar-refractivity contribution in [1.82, 2.24) is 14.7 Å². The summed E-state index contributed by atoms with van der Waals surface area (Å²) in [7, 11) is 0. The first-order valence-corrected chi connectivity index (χ1v) is 13.0. The minimum absolute atomic E-state index is 0.0309. The number of nitrogens with one attached hydrogen (secondary N) is 1. The Hall–Kier alpha value is -3.98. The van der Waals surface area contributed by atoms with Gasteiger partial charge in [0.05, 0.1) is 5.39 Å². The zero-order chi connectivity index (χ0) is 27.5. The number of fused-ring (bicyclic) bond motifs is 1. The Labute approximate surface area is 224 Å². The Morgan fingerprint density at radius 2 is 1.72 bits per heavy atom. The molecule has 1 aromatic heterocycles. The van der Waals surface area contributed by atoms with Crippen molar-refractivity contribution < 1.29 is 18.0 Å². The largest absolute Gasteiger partial charge is 0.326 e. The lowest BCUT2D eigenvalue weighted by Gasteiger charge is -2.32. The predicted molar refractivity (Wildman–Crippen MR) is 145 cm³/mol. The number of carbonyl (C=O) groups is 1. The topological polar surface area (TPSA) is 67.2 Å². The lowest BCUT2D eigenvalue weighted by Crippen LogP contribution is -2.34. The molecule has 0 aliphatic carbocycles. The van der Waals surface area contributed by atoms with Crippen LogP contribution in [0, 0.1) is 17.5 Å². The van der Waals surface area contributed by atoms with Gasteiger partial charge >= 0.3 is 0 Å². The number of nitrogens with zero attached hydrogens (tertiary/aromatic N) is 3. The summed E-state index contributed by atoms with van der Waals surface area (Å²) in [5, 5.41) is 7.85. The van der Waals surface area contributed by atoms with Crippen LogP contribution in [-0.2, 0) is 11.3 Å². The molecule has 4 aromatic rings. The second kappa shape index (κ2) is 11.4. The van der Waals surface area contributed by atoms with E-state index in [9.17, 15) is 22.8 Å². The van der Waals surface area contributed by atoms with Crippen molar-refractivity contribution in [2.24, 2.45) is 0 Å². The van der Waals surface area contributed by atoms with Gasteiger partial charge in [-0.3, -0.25) is 9.59 Å². The summed E-state index contributed by atoms with van der Waals surface area (Å²) in [5.74, 6) is -3.12. The van der Waals surface area contributed by atoms with Gasteiger partial charge in [0.1, 0.15) is 11.5 Å². The number of anilines is 1. The molecule has 6 nitrogen and oxygen atoms in total. The van der Waals surface area contributed by atoms with Crippen LogP contribution in [0.4, 0.5) is 18.9 Å². The highest BCUT2D eigenvalue weighted by atomic mass is 19.2. The summed E-state index contributed by atoms with van der Waals surface area (Å²) < 4.78 is 43.9. The van der Waals surface area contributed by atoms with Crippen molar-refractivity contribution in [3.8, 4) is 11.3 Å². The summed E-state index contributed by atoms with van der Waals surface area (Å²) >= 11 is 0. The number of aromatic nitrogens is 2. The highest BCUT2D eigenvalue weighted by molar-refractivity contribution is 5.93. The number of aryl methyl sites for hydroxylation is 1. The fraction of sp³-hybridized carbons (Fsp3) is 0.300. The summed E-state index contributed by atoms with van der Waals surface area (Å²) in [4.78, 5) is 26.8. The quantitative estimate of drug-likeness (QED) is 0.309. The van der Waals surface area contributed by atoms with E-state index in [1.165, 1.54) is 17.2 Å². The van der Waals surface area contributed by atoms with Crippen molar-refractivity contribution in [2.45, 2.75) is 38.6 Å². The molecule has 1 aliphatic rings. The molecule has 1 fully saturated rings. The maximum Gasteiger partial charge on any atom is 0.274 e. The first-order valence-electron chi connectivity index (χ1n) is 13.0. The fourth-order valence-electron chi connectivity index (χ4n) is 5.32. The predicted octanol–water partition coefficient (Wildman–Crippen LogP) is 5.71. The van der Waals surface area contributed by atoms with E-state index in [4.69, 9.17) is 0 Å². The van der Waals surface area contributed by atoms with E-state index in [0.29, 0.717) is 29.2 Å². The summed E-state index contributed by atoms with van der Waals surface area (Å²) in [6.45, 7) is 4.32. The van der Waals surface area contributed by atoms with Gasteiger partial charge in [-0.05, 0) is 74.6 Å². The van der Waals surface area contributed by atoms with E-state index in [-0.39, 0.29) is 29.3 Å². The SMILES string of the molecule is CC(=O)Nc1cccc(C2CCN(CCCn3nc(-c4cc(F)cc(F)c4F)c4ccccc4c3=O)CC2)c1. The highest BCUT2D eigenvalue weighted by Crippen LogP contribution is 2.31. The minimum Gasteiger partial charge on any atom is -0.326 e. The molecular weight excluding hydrogens is 505 g/mol. The molecule has 0 radical (unpaired) electrons. The van der Waals surface area contributed by atoms with Crippen LogP contribution in [0.25, 0.3) is 22.0 Å². The molecule has 39 heavy (non-hydrogen) atoms. The van der Waals surface area contributed by atoms with Gasteiger partial charge in [0.2, 0.25) is 5.91 Å². The van der Waals surface area contributed by atoms with E-state index >= 15 is 0 Å². The first kappa shape index (κ1) is 26.6. The number of benzene rings is 3. The van der Waals surface area contributed by atoms with Gasteiger partial charge in [-0.25, -0.2) is 17.9 Å². The maximum atomic E-state index is 14.7. The van der Waals surface area contributed by atoms with E-state index in [1.54, 1.807) is 24.3 Å². The molecule has 1 saturated heterocycles. The number of likely N-dealkylation sites (tertiary alicyclic amines) is 1. The Balaban J connectivity index is 1.27. The number of rotatable bonds is 7. The van der Waals surface area contributed by atoms with Crippen molar-refractivity contribution in [3.05, 3.63) is 94.0 Å². The van der Waals surface area contributed by atoms with Crippen molar-refractivity contribution in [2.75, 3.05) is 25.0 Å². The molecule has 1 aliphatic heterocycles. The second-order valence-electron chi connectivity index (χ2n) is 9.95. The van der Waals surface area contributed by atoms with Crippen LogP contribution in [-0.4, -0.2) is 40.2 Å². The van der Waals surface area contributed by atoms with Crippen LogP contribution in [0.15, 0.2) is 65.5 Å². The van der Waals surface area contributed by atoms with Gasteiger partial charge in [0, 0.05) is 36.2 Å². The Morgan fingerprint density at radius 1 is 0.974 bits per heavy atom. The van der Waals surface area contributed by atoms with Gasteiger partial charge in [-0.2, -0.15) is 5.10 Å². The van der Waals surface area contributed by atoms with Gasteiger partial charge in [0.15, 0.2) is 11.6 Å². The Kier molecular flexibility index (Phi) is 7.79. The lowest BCUT2D eigenvalue weighted by molar-refractivity contribution is -0.114. The van der Waals surface area contributed by atoms with Crippen LogP contribution >= 0.6 is 0 Å². The molecule has 9 heteroatoms. The van der Waals surface area contributed by atoms with E-state index in [0.717, 1.165) is 44.2 Å². The van der Waals surface area contributed by atoms with Crippen LogP contribution in [0.3, 0.4) is 0 Å². The molecule has 5 rings (SSSR count). The normalized spacial score (nSPS) is 14.6. The third kappa shape index (κ3) is 5.88. The van der Waals surface area contributed by atoms with Crippen LogP contribution in [0.2, 0.25) is 0 Å². The average Bonchev–Trinajstić information content (AvgIpc) is 2.92. The molecule has 1 N–H and O–H groups in total. The molecule has 2 heterocycles. The fourth-order valence-corrected chi connectivity index (χ4v) is 5.32. The van der Waals surface area contributed by atoms with Crippen molar-refractivity contribution >= 4 is 22.4 Å². The van der Waals surface area contributed by atoms with E-state index in [1.807, 2.05) is 18.2 Å². The molecule has 0 bridgehead atoms. The lowest BCUT2D eigenvalue weighted by atomic mass is 9.89. The summed E-state index contributed by atoms with van der Waals surface area (Å²) in [5.41, 5.74) is 1.40. The smallest absolute Gasteiger partial charge is 0.274 e. The molecule has 0 atom stereocenters. The molecule has 202 valence electrons. The van der Waals surface area contributed by atoms with E-state index in [2.05, 4.69) is 21.4 Å². The molecule has 0 unspecified atom stereocenters. The molecule has 3 aromatic carbocycles. The second-order valence-corrected chi connectivity index (χ2v) is 9.95. The standard InChI is InChI=1S/C30H29F3N4O2/c1-19(38)34-23-7-4-6-21(16-23)20-10-14-36(15-11-20)12-5-13-37-30(39)25-9-3-2-8-24(25)29(35-37)26-17-22(31)18-27(32)28(26)33/h2-4,6-9,16-18,20H,5,10-15H2,1H3,(H,34,38). The zero-order valence-electron chi connectivity index (χ0n) is 21.6. The van der Waals surface area contributed by atoms with Gasteiger partial charge in [0.25, 0.3) is 5.56 Å². The average molecular weight is 535 g/mol. The highest BCUT2D eigenvalue weighted by Gasteiger charge is 2.22. The number of hydrogen-bond donors (Lipinski definition) is 1. The number of hydrogen-bond acceptors (Lipinski definition) is 4. The van der Waals surface area contributed by atoms with Crippen molar-refractivity contribution in [1.29, 1.82) is 0 Å². The van der Waals surface area contributed by atoms with Gasteiger partial charge in [-0.1, -0.05) is 30.3 Å². The van der Waals surface area contributed by atoms with Crippen LogP contribution < -0.4 is 10.9 Å². The van der Waals surface area contributed by atoms with Gasteiger partial charge < -0.3 is 10.2 Å². The number of halogens is 3. The third-order valence-corrected chi connectivity index (χ3v) is 7.23. The molecule has 0 saturated carbocycles. The molecule has 0 spiro atoms. The molecular formula is C30H29F3N4O2. The monoisotopic (exact) mass is 534 g/mol. The Morgan fingerprint density at radius 3 is 2.46 bits per heavy atom. The van der Waals surface area contributed by atoms with Crippen LogP contribution in [0.1, 0.15) is 37.7 Å². The zero-order valence-corrected chi connectivity index (χ0v) is 21.6. The number of carbonyl (C=O) groups excluding carboxylic acids is 1. The third-order valence-electron chi connectivity index (χ3n) is 7.23. The number of amides is 1. The maximum absolute atomic E-state index is 14.7. The summed E-state index contributed by atoms with van der Waals surface area (Å²) in [6, 6.07) is 15.9. The van der Waals surface area contributed by atoms with E-state index < -0.39 is 17.5 Å². The van der Waals surface area contributed by atoms with Crippen molar-refractivity contribution in [3.63, 3.8) is 0 Å². The molecule has 1 amide bonds. The number of piperidine rings is 1.